The normalized spacial score (nSPS) is 18.3. The summed E-state index contributed by atoms with van der Waals surface area (Å²) in [4.78, 5) is 25.9. The van der Waals surface area contributed by atoms with E-state index in [0.29, 0.717) is 31.2 Å². The van der Waals surface area contributed by atoms with E-state index in [1.165, 1.54) is 0 Å². The highest BCUT2D eigenvalue weighted by molar-refractivity contribution is 5.89. The summed E-state index contributed by atoms with van der Waals surface area (Å²) in [7, 11) is 0. The molecule has 1 aromatic rings. The second-order valence-corrected chi connectivity index (χ2v) is 6.26. The maximum absolute atomic E-state index is 12.1. The van der Waals surface area contributed by atoms with Crippen LogP contribution in [0, 0.1) is 11.8 Å². The first-order chi connectivity index (χ1) is 10.5. The number of carbonyl (C=O) groups excluding carboxylic acids is 2. The molecule has 1 aliphatic rings. The molecule has 22 heavy (non-hydrogen) atoms. The zero-order valence-corrected chi connectivity index (χ0v) is 13.3. The molecule has 2 heterocycles. The van der Waals surface area contributed by atoms with Crippen LogP contribution in [0.5, 0.6) is 0 Å². The number of piperidine rings is 1. The Morgan fingerprint density at radius 2 is 2.32 bits per heavy atom. The number of rotatable bonds is 5. The molecule has 1 aliphatic heterocycles. The molecule has 1 saturated heterocycles. The summed E-state index contributed by atoms with van der Waals surface area (Å²) in [5.41, 5.74) is 0. The Hall–Kier alpha value is -2.05. The van der Waals surface area contributed by atoms with E-state index in [1.54, 1.807) is 12.3 Å². The number of aromatic amines is 1. The molecule has 1 fully saturated rings. The van der Waals surface area contributed by atoms with Crippen molar-refractivity contribution in [3.63, 3.8) is 0 Å². The lowest BCUT2D eigenvalue weighted by Gasteiger charge is -2.32. The van der Waals surface area contributed by atoms with Gasteiger partial charge in [0.05, 0.1) is 6.20 Å². The molecular formula is C15H25N5O2. The number of amides is 3. The van der Waals surface area contributed by atoms with Crippen LogP contribution >= 0.6 is 0 Å². The number of H-pyrrole nitrogens is 1. The Labute approximate surface area is 130 Å². The van der Waals surface area contributed by atoms with Gasteiger partial charge in [0.25, 0.3) is 0 Å². The van der Waals surface area contributed by atoms with Gasteiger partial charge >= 0.3 is 6.03 Å². The lowest BCUT2D eigenvalue weighted by molar-refractivity contribution is -0.117. The molecule has 2 rings (SSSR count). The highest BCUT2D eigenvalue weighted by Gasteiger charge is 2.25. The second kappa shape index (κ2) is 7.82. The molecule has 122 valence electrons. The molecule has 0 radical (unpaired) electrons. The number of urea groups is 1. The molecule has 0 aliphatic carbocycles. The van der Waals surface area contributed by atoms with Gasteiger partial charge in [-0.1, -0.05) is 13.8 Å². The number of hydrogen-bond donors (Lipinski definition) is 3. The van der Waals surface area contributed by atoms with Crippen LogP contribution in [0.2, 0.25) is 0 Å². The number of aromatic nitrogens is 2. The van der Waals surface area contributed by atoms with Gasteiger partial charge in [0.2, 0.25) is 5.91 Å². The zero-order chi connectivity index (χ0) is 15.9. The van der Waals surface area contributed by atoms with Gasteiger partial charge in [0.1, 0.15) is 5.82 Å². The van der Waals surface area contributed by atoms with E-state index in [2.05, 4.69) is 34.7 Å². The van der Waals surface area contributed by atoms with Crippen molar-refractivity contribution in [1.29, 1.82) is 0 Å². The van der Waals surface area contributed by atoms with Crippen molar-refractivity contribution >= 4 is 17.8 Å². The van der Waals surface area contributed by atoms with E-state index < -0.39 is 0 Å². The summed E-state index contributed by atoms with van der Waals surface area (Å²) < 4.78 is 0. The van der Waals surface area contributed by atoms with E-state index >= 15 is 0 Å². The number of carbonyl (C=O) groups is 2. The molecule has 0 saturated carbocycles. The van der Waals surface area contributed by atoms with Gasteiger partial charge in [-0.2, -0.15) is 5.10 Å². The van der Waals surface area contributed by atoms with Crippen molar-refractivity contribution in [2.75, 3.05) is 25.0 Å². The van der Waals surface area contributed by atoms with Gasteiger partial charge in [-0.05, 0) is 24.7 Å². The van der Waals surface area contributed by atoms with Crippen molar-refractivity contribution in [2.24, 2.45) is 11.8 Å². The predicted molar refractivity (Wildman–Crippen MR) is 84.4 cm³/mol. The molecule has 0 aromatic carbocycles. The molecule has 3 amide bonds. The molecule has 7 nitrogen and oxygen atoms in total. The number of likely N-dealkylation sites (tertiary alicyclic amines) is 1. The first kappa shape index (κ1) is 16.3. The highest BCUT2D eigenvalue weighted by Crippen LogP contribution is 2.20. The average Bonchev–Trinajstić information content (AvgIpc) is 2.97. The van der Waals surface area contributed by atoms with Gasteiger partial charge in [-0.3, -0.25) is 9.89 Å². The topological polar surface area (TPSA) is 90.1 Å². The standard InChI is InChI=1S/C15H25N5O2/c1-11(2)9-16-15(22)20-7-3-4-12(10-20)8-14(21)18-13-5-6-17-19-13/h5-6,11-12H,3-4,7-10H2,1-2H3,(H,16,22)(H2,17,18,19,21). The van der Waals surface area contributed by atoms with Crippen LogP contribution in [-0.4, -0.2) is 46.7 Å². The monoisotopic (exact) mass is 307 g/mol. The van der Waals surface area contributed by atoms with Crippen molar-refractivity contribution in [1.82, 2.24) is 20.4 Å². The van der Waals surface area contributed by atoms with Crippen LogP contribution < -0.4 is 10.6 Å². The summed E-state index contributed by atoms with van der Waals surface area (Å²) in [5.74, 6) is 1.21. The fourth-order valence-electron chi connectivity index (χ4n) is 2.61. The Morgan fingerprint density at radius 1 is 1.50 bits per heavy atom. The molecule has 3 N–H and O–H groups in total. The smallest absolute Gasteiger partial charge is 0.317 e. The number of anilines is 1. The third-order valence-electron chi connectivity index (χ3n) is 3.72. The van der Waals surface area contributed by atoms with Crippen molar-refractivity contribution < 1.29 is 9.59 Å². The Balaban J connectivity index is 1.77. The minimum Gasteiger partial charge on any atom is -0.338 e. The fraction of sp³-hybridized carbons (Fsp3) is 0.667. The molecule has 1 atom stereocenters. The van der Waals surface area contributed by atoms with E-state index in [1.807, 2.05) is 4.90 Å². The quantitative estimate of drug-likeness (QED) is 0.775. The predicted octanol–water partition coefficient (Wildman–Crippen LogP) is 1.82. The summed E-state index contributed by atoms with van der Waals surface area (Å²) in [6.45, 7) is 6.22. The van der Waals surface area contributed by atoms with E-state index in [-0.39, 0.29) is 17.9 Å². The number of nitrogens with zero attached hydrogens (tertiary/aromatic N) is 2. The van der Waals surface area contributed by atoms with Crippen molar-refractivity contribution in [3.8, 4) is 0 Å². The maximum Gasteiger partial charge on any atom is 0.317 e. The van der Waals surface area contributed by atoms with E-state index in [9.17, 15) is 9.59 Å². The van der Waals surface area contributed by atoms with Gasteiger partial charge in [-0.15, -0.1) is 0 Å². The van der Waals surface area contributed by atoms with Gasteiger partial charge in [-0.25, -0.2) is 4.79 Å². The van der Waals surface area contributed by atoms with Crippen LogP contribution in [0.15, 0.2) is 12.3 Å². The minimum absolute atomic E-state index is 0.0209. The first-order valence-corrected chi connectivity index (χ1v) is 7.86. The molecular weight excluding hydrogens is 282 g/mol. The largest absolute Gasteiger partial charge is 0.338 e. The van der Waals surface area contributed by atoms with Crippen LogP contribution in [0.25, 0.3) is 0 Å². The van der Waals surface area contributed by atoms with Gasteiger partial charge in [0, 0.05) is 32.1 Å². The van der Waals surface area contributed by atoms with Crippen molar-refractivity contribution in [3.05, 3.63) is 12.3 Å². The molecule has 0 spiro atoms. The third kappa shape index (κ3) is 5.05. The summed E-state index contributed by atoms with van der Waals surface area (Å²) in [5, 5.41) is 12.2. The molecule has 7 heteroatoms. The van der Waals surface area contributed by atoms with E-state index in [4.69, 9.17) is 0 Å². The molecule has 1 aromatic heterocycles. The third-order valence-corrected chi connectivity index (χ3v) is 3.72. The Bertz CT molecular complexity index is 486. The summed E-state index contributed by atoms with van der Waals surface area (Å²) >= 11 is 0. The first-order valence-electron chi connectivity index (χ1n) is 7.86. The Morgan fingerprint density at radius 3 is 3.00 bits per heavy atom. The lowest BCUT2D eigenvalue weighted by atomic mass is 9.94. The number of nitrogens with one attached hydrogen (secondary N) is 3. The molecule has 0 bridgehead atoms. The zero-order valence-electron chi connectivity index (χ0n) is 13.3. The fourth-order valence-corrected chi connectivity index (χ4v) is 2.61. The van der Waals surface area contributed by atoms with Crippen LogP contribution in [0.3, 0.4) is 0 Å². The summed E-state index contributed by atoms with van der Waals surface area (Å²) in [6.07, 6.45) is 3.94. The van der Waals surface area contributed by atoms with Crippen molar-refractivity contribution in [2.45, 2.75) is 33.1 Å². The average molecular weight is 307 g/mol. The number of hydrogen-bond acceptors (Lipinski definition) is 3. The van der Waals surface area contributed by atoms with E-state index in [0.717, 1.165) is 19.4 Å². The minimum atomic E-state index is -0.0429. The lowest BCUT2D eigenvalue weighted by Crippen LogP contribution is -2.46. The summed E-state index contributed by atoms with van der Waals surface area (Å²) in [6, 6.07) is 1.69. The van der Waals surface area contributed by atoms with Gasteiger partial charge in [0.15, 0.2) is 0 Å². The highest BCUT2D eigenvalue weighted by atomic mass is 16.2. The molecule has 1 unspecified atom stereocenters. The Kier molecular flexibility index (Phi) is 5.80. The van der Waals surface area contributed by atoms with Crippen LogP contribution in [-0.2, 0) is 4.79 Å². The second-order valence-electron chi connectivity index (χ2n) is 6.26. The van der Waals surface area contributed by atoms with Crippen LogP contribution in [0.1, 0.15) is 33.1 Å². The maximum atomic E-state index is 12.1. The SMILES string of the molecule is CC(C)CNC(=O)N1CCCC(CC(=O)Nc2ccn[nH]2)C1. The van der Waals surface area contributed by atoms with Crippen LogP contribution in [0.4, 0.5) is 10.6 Å². The van der Waals surface area contributed by atoms with Gasteiger partial charge < -0.3 is 15.5 Å².